The van der Waals surface area contributed by atoms with Gasteiger partial charge in [0.05, 0.1) is 12.7 Å². The van der Waals surface area contributed by atoms with E-state index >= 15 is 0 Å². The van der Waals surface area contributed by atoms with Crippen LogP contribution in [0.15, 0.2) is 22.9 Å². The third kappa shape index (κ3) is 2.66. The van der Waals surface area contributed by atoms with Crippen LogP contribution in [0.25, 0.3) is 0 Å². The molecule has 0 spiro atoms. The van der Waals surface area contributed by atoms with Crippen LogP contribution in [0.2, 0.25) is 5.28 Å². The summed E-state index contributed by atoms with van der Waals surface area (Å²) in [6, 6.07) is 3.59. The normalized spacial score (nSPS) is 10.3. The highest BCUT2D eigenvalue weighted by Gasteiger charge is 2.01. The van der Waals surface area contributed by atoms with Crippen molar-refractivity contribution in [3.8, 4) is 0 Å². The Kier molecular flexibility index (Phi) is 2.82. The van der Waals surface area contributed by atoms with Crippen molar-refractivity contribution in [3.05, 3.63) is 35.1 Å². The lowest BCUT2D eigenvalue weighted by Gasteiger charge is -2.03. The zero-order valence-electron chi connectivity index (χ0n) is 8.07. The molecular weight excluding hydrogens is 216 g/mol. The molecule has 0 fully saturated rings. The Bertz CT molecular complexity index is 423. The molecule has 0 aliphatic rings. The molecule has 0 bridgehead atoms. The average Bonchev–Trinajstić information content (AvgIpc) is 2.65. The van der Waals surface area contributed by atoms with Gasteiger partial charge in [0.2, 0.25) is 5.28 Å². The summed E-state index contributed by atoms with van der Waals surface area (Å²) in [5, 5.41) is 6.89. The molecule has 0 saturated carbocycles. The van der Waals surface area contributed by atoms with Crippen molar-refractivity contribution >= 4 is 17.4 Å². The van der Waals surface area contributed by atoms with Gasteiger partial charge in [-0.3, -0.25) is 0 Å². The molecule has 2 aromatic rings. The van der Waals surface area contributed by atoms with E-state index in [1.54, 1.807) is 12.3 Å². The van der Waals surface area contributed by atoms with Crippen LogP contribution in [-0.4, -0.2) is 15.1 Å². The van der Waals surface area contributed by atoms with Gasteiger partial charge in [0.15, 0.2) is 5.76 Å². The summed E-state index contributed by atoms with van der Waals surface area (Å²) < 4.78 is 4.93. The molecule has 5 nitrogen and oxygen atoms in total. The van der Waals surface area contributed by atoms with Crippen molar-refractivity contribution in [2.24, 2.45) is 0 Å². The Morgan fingerprint density at radius 3 is 3.00 bits per heavy atom. The molecule has 0 radical (unpaired) electrons. The molecule has 0 amide bonds. The van der Waals surface area contributed by atoms with Crippen LogP contribution < -0.4 is 5.32 Å². The molecule has 0 unspecified atom stereocenters. The van der Waals surface area contributed by atoms with Gasteiger partial charge in [0, 0.05) is 17.8 Å². The van der Waals surface area contributed by atoms with Gasteiger partial charge in [-0.1, -0.05) is 5.16 Å². The first-order valence-electron chi connectivity index (χ1n) is 4.38. The van der Waals surface area contributed by atoms with Gasteiger partial charge in [-0.2, -0.15) is 0 Å². The van der Waals surface area contributed by atoms with Crippen LogP contribution in [-0.2, 0) is 6.54 Å². The van der Waals surface area contributed by atoms with E-state index in [-0.39, 0.29) is 5.28 Å². The fourth-order valence-corrected chi connectivity index (χ4v) is 1.36. The lowest BCUT2D eigenvalue weighted by Crippen LogP contribution is -2.01. The van der Waals surface area contributed by atoms with E-state index in [4.69, 9.17) is 16.1 Å². The largest absolute Gasteiger partial charge is 0.363 e. The highest BCUT2D eigenvalue weighted by molar-refractivity contribution is 6.28. The number of halogens is 1. The topological polar surface area (TPSA) is 63.8 Å². The summed E-state index contributed by atoms with van der Waals surface area (Å²) in [5.74, 6) is 1.41. The minimum atomic E-state index is 0.232. The standard InChI is InChI=1S/C9H9ClN4O/c1-6-4-8(14-9(10)13-6)11-5-7-2-3-12-15-7/h2-4H,5H2,1H3,(H,11,13,14). The van der Waals surface area contributed by atoms with Gasteiger partial charge in [-0.05, 0) is 18.5 Å². The van der Waals surface area contributed by atoms with Crippen LogP contribution in [0.4, 0.5) is 5.82 Å². The van der Waals surface area contributed by atoms with Crippen molar-refractivity contribution in [2.75, 3.05) is 5.32 Å². The molecule has 2 rings (SSSR count). The summed E-state index contributed by atoms with van der Waals surface area (Å²) in [7, 11) is 0. The predicted molar refractivity (Wildman–Crippen MR) is 55.6 cm³/mol. The Morgan fingerprint density at radius 1 is 1.47 bits per heavy atom. The maximum Gasteiger partial charge on any atom is 0.224 e. The molecule has 0 aliphatic heterocycles. The summed E-state index contributed by atoms with van der Waals surface area (Å²) in [6.07, 6.45) is 1.59. The van der Waals surface area contributed by atoms with Gasteiger partial charge < -0.3 is 9.84 Å². The smallest absolute Gasteiger partial charge is 0.224 e. The SMILES string of the molecule is Cc1cc(NCc2ccno2)nc(Cl)n1. The minimum Gasteiger partial charge on any atom is -0.363 e. The number of aromatic nitrogens is 3. The lowest BCUT2D eigenvalue weighted by molar-refractivity contribution is 0.388. The Hall–Kier alpha value is -1.62. The molecule has 2 aromatic heterocycles. The molecular formula is C9H9ClN4O. The van der Waals surface area contributed by atoms with Gasteiger partial charge >= 0.3 is 0 Å². The zero-order valence-corrected chi connectivity index (χ0v) is 8.82. The zero-order chi connectivity index (χ0) is 10.7. The first kappa shape index (κ1) is 9.92. The highest BCUT2D eigenvalue weighted by Crippen LogP contribution is 2.10. The van der Waals surface area contributed by atoms with E-state index in [1.165, 1.54) is 0 Å². The third-order valence-electron chi connectivity index (χ3n) is 1.76. The summed E-state index contributed by atoms with van der Waals surface area (Å²) in [5.41, 5.74) is 0.815. The monoisotopic (exact) mass is 224 g/mol. The number of hydrogen-bond acceptors (Lipinski definition) is 5. The van der Waals surface area contributed by atoms with Crippen molar-refractivity contribution in [3.63, 3.8) is 0 Å². The molecule has 78 valence electrons. The molecule has 15 heavy (non-hydrogen) atoms. The summed E-state index contributed by atoms with van der Waals surface area (Å²) in [6.45, 7) is 2.37. The number of aryl methyl sites for hydroxylation is 1. The Morgan fingerprint density at radius 2 is 2.33 bits per heavy atom. The van der Waals surface area contributed by atoms with Crippen molar-refractivity contribution < 1.29 is 4.52 Å². The number of rotatable bonds is 3. The van der Waals surface area contributed by atoms with Gasteiger partial charge in [0.25, 0.3) is 0 Å². The van der Waals surface area contributed by atoms with E-state index in [0.29, 0.717) is 12.4 Å². The second kappa shape index (κ2) is 4.27. The second-order valence-corrected chi connectivity index (χ2v) is 3.33. The Balaban J connectivity index is 2.05. The number of anilines is 1. The first-order valence-corrected chi connectivity index (χ1v) is 4.76. The fourth-order valence-electron chi connectivity index (χ4n) is 1.13. The fraction of sp³-hybridized carbons (Fsp3) is 0.222. The van der Waals surface area contributed by atoms with Crippen molar-refractivity contribution in [1.29, 1.82) is 0 Å². The maximum atomic E-state index is 5.71. The minimum absolute atomic E-state index is 0.232. The average molecular weight is 225 g/mol. The molecule has 0 saturated heterocycles. The highest BCUT2D eigenvalue weighted by atomic mass is 35.5. The number of nitrogens with one attached hydrogen (secondary N) is 1. The predicted octanol–water partition coefficient (Wildman–Crippen LogP) is 2.04. The van der Waals surface area contributed by atoms with E-state index in [0.717, 1.165) is 11.5 Å². The van der Waals surface area contributed by atoms with Crippen LogP contribution in [0.3, 0.4) is 0 Å². The quantitative estimate of drug-likeness (QED) is 0.809. The summed E-state index contributed by atoms with van der Waals surface area (Å²) >= 11 is 5.71. The molecule has 0 aromatic carbocycles. The maximum absolute atomic E-state index is 5.71. The summed E-state index contributed by atoms with van der Waals surface area (Å²) in [4.78, 5) is 7.97. The van der Waals surface area contributed by atoms with Crippen LogP contribution in [0.5, 0.6) is 0 Å². The van der Waals surface area contributed by atoms with Crippen molar-refractivity contribution in [2.45, 2.75) is 13.5 Å². The molecule has 6 heteroatoms. The molecule has 2 heterocycles. The van der Waals surface area contributed by atoms with E-state index < -0.39 is 0 Å². The molecule has 1 N–H and O–H groups in total. The lowest BCUT2D eigenvalue weighted by atomic mass is 10.4. The van der Waals surface area contributed by atoms with Gasteiger partial charge in [-0.25, -0.2) is 9.97 Å². The molecule has 0 aliphatic carbocycles. The van der Waals surface area contributed by atoms with Crippen molar-refractivity contribution in [1.82, 2.24) is 15.1 Å². The van der Waals surface area contributed by atoms with Crippen LogP contribution in [0, 0.1) is 6.92 Å². The molecule has 0 atom stereocenters. The second-order valence-electron chi connectivity index (χ2n) is 3.00. The third-order valence-corrected chi connectivity index (χ3v) is 1.93. The van der Waals surface area contributed by atoms with E-state index in [1.807, 2.05) is 13.0 Å². The van der Waals surface area contributed by atoms with Crippen LogP contribution in [0.1, 0.15) is 11.5 Å². The van der Waals surface area contributed by atoms with Gasteiger partial charge in [0.1, 0.15) is 5.82 Å². The number of nitrogens with zero attached hydrogens (tertiary/aromatic N) is 3. The van der Waals surface area contributed by atoms with Gasteiger partial charge in [-0.15, -0.1) is 0 Å². The Labute approximate surface area is 91.5 Å². The van der Waals surface area contributed by atoms with E-state index in [9.17, 15) is 0 Å². The van der Waals surface area contributed by atoms with E-state index in [2.05, 4.69) is 20.4 Å². The van der Waals surface area contributed by atoms with Crippen LogP contribution >= 0.6 is 11.6 Å². The number of hydrogen-bond donors (Lipinski definition) is 1. The first-order chi connectivity index (χ1) is 7.24.